The average molecular weight is 338 g/mol. The summed E-state index contributed by atoms with van der Waals surface area (Å²) >= 11 is 0. The average Bonchev–Trinajstić information content (AvgIpc) is 2.56. The van der Waals surface area contributed by atoms with E-state index in [1.807, 2.05) is 0 Å². The van der Waals surface area contributed by atoms with E-state index in [1.54, 1.807) is 38.0 Å². The van der Waals surface area contributed by atoms with Gasteiger partial charge < -0.3 is 20.4 Å². The lowest BCUT2D eigenvalue weighted by Crippen LogP contribution is -2.45. The minimum Gasteiger partial charge on any atom is -0.335 e. The zero-order valence-corrected chi connectivity index (χ0v) is 15.7. The number of carbonyl (C=O) groups is 2. The third kappa shape index (κ3) is 5.28. The minimum atomic E-state index is 0.0237. The van der Waals surface area contributed by atoms with Crippen LogP contribution in [0, 0.1) is 11.8 Å². The largest absolute Gasteiger partial charge is 0.335 e. The van der Waals surface area contributed by atoms with Crippen LogP contribution in [0.25, 0.3) is 0 Å². The van der Waals surface area contributed by atoms with Crippen molar-refractivity contribution in [1.29, 1.82) is 0 Å². The number of nitrogens with one attached hydrogen (secondary N) is 2. The van der Waals surface area contributed by atoms with Gasteiger partial charge in [-0.05, 0) is 63.2 Å². The first kappa shape index (κ1) is 18.9. The summed E-state index contributed by atoms with van der Waals surface area (Å²) < 4.78 is 0. The Labute approximate surface area is 146 Å². The molecule has 0 bridgehead atoms. The fraction of sp³-hybridized carbons (Fsp3) is 0.889. The molecule has 0 aromatic heterocycles. The molecule has 2 rings (SSSR count). The van der Waals surface area contributed by atoms with Crippen LogP contribution in [0.5, 0.6) is 0 Å². The second-order valence-corrected chi connectivity index (χ2v) is 7.91. The van der Waals surface area contributed by atoms with Crippen molar-refractivity contribution in [2.24, 2.45) is 11.8 Å². The van der Waals surface area contributed by atoms with Crippen molar-refractivity contribution in [2.45, 2.75) is 63.5 Å². The van der Waals surface area contributed by atoms with Gasteiger partial charge in [0.1, 0.15) is 0 Å². The highest BCUT2D eigenvalue weighted by molar-refractivity contribution is 5.74. The molecule has 2 aliphatic carbocycles. The number of rotatable bonds is 3. The van der Waals surface area contributed by atoms with Crippen LogP contribution in [0.4, 0.5) is 9.59 Å². The minimum absolute atomic E-state index is 0.0237. The lowest BCUT2D eigenvalue weighted by molar-refractivity contribution is 0.156. The molecule has 0 saturated heterocycles. The van der Waals surface area contributed by atoms with Crippen LogP contribution in [0.15, 0.2) is 0 Å². The zero-order valence-electron chi connectivity index (χ0n) is 15.7. The number of carbonyl (C=O) groups excluding carboxylic acids is 2. The third-order valence-corrected chi connectivity index (χ3v) is 5.68. The molecule has 0 atom stereocenters. The van der Waals surface area contributed by atoms with Crippen molar-refractivity contribution in [3.8, 4) is 0 Å². The molecule has 0 unspecified atom stereocenters. The first-order valence-electron chi connectivity index (χ1n) is 9.32. The van der Waals surface area contributed by atoms with E-state index in [1.165, 1.54) is 25.7 Å². The van der Waals surface area contributed by atoms with Crippen molar-refractivity contribution in [3.63, 3.8) is 0 Å². The summed E-state index contributed by atoms with van der Waals surface area (Å²) in [6.45, 7) is 0. The normalized spacial score (nSPS) is 30.3. The second kappa shape index (κ2) is 8.58. The van der Waals surface area contributed by atoms with Crippen LogP contribution in [0.1, 0.15) is 51.4 Å². The molecule has 0 aromatic carbocycles. The molecule has 2 fully saturated rings. The first-order valence-corrected chi connectivity index (χ1v) is 9.32. The number of nitrogens with zero attached hydrogens (tertiary/aromatic N) is 2. The summed E-state index contributed by atoms with van der Waals surface area (Å²) in [7, 11) is 7.14. The highest BCUT2D eigenvalue weighted by Crippen LogP contribution is 2.38. The molecular formula is C18H34N4O2. The van der Waals surface area contributed by atoms with Gasteiger partial charge in [0, 0.05) is 40.3 Å². The van der Waals surface area contributed by atoms with E-state index >= 15 is 0 Å². The Morgan fingerprint density at radius 3 is 1.17 bits per heavy atom. The third-order valence-electron chi connectivity index (χ3n) is 5.68. The maximum absolute atomic E-state index is 11.7. The Morgan fingerprint density at radius 1 is 0.625 bits per heavy atom. The number of hydrogen-bond acceptors (Lipinski definition) is 2. The smallest absolute Gasteiger partial charge is 0.317 e. The summed E-state index contributed by atoms with van der Waals surface area (Å²) in [6.07, 6.45) is 9.28. The zero-order chi connectivity index (χ0) is 17.7. The van der Waals surface area contributed by atoms with Gasteiger partial charge in [-0.1, -0.05) is 0 Å². The standard InChI is InChI=1S/C18H34N4O2/c1-21(2)17(23)19-15-9-5-13(6-10-15)14-7-11-16(12-8-14)20-18(24)22(3)4/h13-16H,5-12H2,1-4H3,(H,19,23)(H,20,24). The van der Waals surface area contributed by atoms with E-state index in [2.05, 4.69) is 10.6 Å². The summed E-state index contributed by atoms with van der Waals surface area (Å²) in [5.41, 5.74) is 0. The Balaban J connectivity index is 1.69. The van der Waals surface area contributed by atoms with Gasteiger partial charge >= 0.3 is 12.1 Å². The molecule has 0 heterocycles. The number of amides is 4. The number of hydrogen-bond donors (Lipinski definition) is 2. The summed E-state index contributed by atoms with van der Waals surface area (Å²) in [5.74, 6) is 1.59. The molecule has 138 valence electrons. The fourth-order valence-electron chi connectivity index (χ4n) is 4.08. The summed E-state index contributed by atoms with van der Waals surface area (Å²) in [5, 5.41) is 6.23. The van der Waals surface area contributed by atoms with Gasteiger partial charge in [-0.3, -0.25) is 0 Å². The van der Waals surface area contributed by atoms with E-state index in [0.717, 1.165) is 37.5 Å². The molecule has 0 spiro atoms. The topological polar surface area (TPSA) is 64.7 Å². The molecule has 0 radical (unpaired) electrons. The van der Waals surface area contributed by atoms with E-state index in [0.29, 0.717) is 12.1 Å². The van der Waals surface area contributed by atoms with Crippen LogP contribution in [-0.2, 0) is 0 Å². The SMILES string of the molecule is CN(C)C(=O)NC1CCC(C2CCC(NC(=O)N(C)C)CC2)CC1. The quantitative estimate of drug-likeness (QED) is 0.831. The lowest BCUT2D eigenvalue weighted by atomic mass is 9.71. The van der Waals surface area contributed by atoms with Crippen LogP contribution < -0.4 is 10.6 Å². The molecule has 24 heavy (non-hydrogen) atoms. The van der Waals surface area contributed by atoms with Crippen LogP contribution in [0.2, 0.25) is 0 Å². The van der Waals surface area contributed by atoms with Gasteiger partial charge in [-0.2, -0.15) is 0 Å². The van der Waals surface area contributed by atoms with Crippen LogP contribution >= 0.6 is 0 Å². The van der Waals surface area contributed by atoms with Gasteiger partial charge in [0.05, 0.1) is 0 Å². The van der Waals surface area contributed by atoms with E-state index < -0.39 is 0 Å². The second-order valence-electron chi connectivity index (χ2n) is 7.91. The van der Waals surface area contributed by atoms with Crippen molar-refractivity contribution < 1.29 is 9.59 Å². The van der Waals surface area contributed by atoms with Crippen LogP contribution in [-0.4, -0.2) is 62.1 Å². The van der Waals surface area contributed by atoms with E-state index in [4.69, 9.17) is 0 Å². The van der Waals surface area contributed by atoms with Crippen molar-refractivity contribution in [3.05, 3.63) is 0 Å². The van der Waals surface area contributed by atoms with Gasteiger partial charge in [0.2, 0.25) is 0 Å². The predicted octanol–water partition coefficient (Wildman–Crippen LogP) is 2.65. The van der Waals surface area contributed by atoms with Crippen molar-refractivity contribution in [1.82, 2.24) is 20.4 Å². The monoisotopic (exact) mass is 338 g/mol. The summed E-state index contributed by atoms with van der Waals surface area (Å²) in [6, 6.07) is 0.727. The van der Waals surface area contributed by atoms with Gasteiger partial charge in [-0.15, -0.1) is 0 Å². The summed E-state index contributed by atoms with van der Waals surface area (Å²) in [4.78, 5) is 26.7. The van der Waals surface area contributed by atoms with Crippen molar-refractivity contribution in [2.75, 3.05) is 28.2 Å². The molecule has 0 aliphatic heterocycles. The maximum Gasteiger partial charge on any atom is 0.317 e. The van der Waals surface area contributed by atoms with Gasteiger partial charge in [0.25, 0.3) is 0 Å². The van der Waals surface area contributed by atoms with Crippen LogP contribution in [0.3, 0.4) is 0 Å². The number of urea groups is 2. The molecule has 2 N–H and O–H groups in total. The fourth-order valence-corrected chi connectivity index (χ4v) is 4.08. The molecule has 2 saturated carbocycles. The molecular weight excluding hydrogens is 304 g/mol. The Morgan fingerprint density at radius 2 is 0.917 bits per heavy atom. The van der Waals surface area contributed by atoms with E-state index in [9.17, 15) is 9.59 Å². The molecule has 4 amide bonds. The highest BCUT2D eigenvalue weighted by Gasteiger charge is 2.31. The van der Waals surface area contributed by atoms with E-state index in [-0.39, 0.29) is 12.1 Å². The highest BCUT2D eigenvalue weighted by atomic mass is 16.2. The Bertz CT molecular complexity index is 383. The predicted molar refractivity (Wildman–Crippen MR) is 95.9 cm³/mol. The van der Waals surface area contributed by atoms with Crippen molar-refractivity contribution >= 4 is 12.1 Å². The molecule has 6 heteroatoms. The first-order chi connectivity index (χ1) is 11.4. The molecule has 0 aromatic rings. The Hall–Kier alpha value is -1.46. The lowest BCUT2D eigenvalue weighted by Gasteiger charge is -2.38. The maximum atomic E-state index is 11.7. The van der Waals surface area contributed by atoms with Gasteiger partial charge in [-0.25, -0.2) is 9.59 Å². The molecule has 6 nitrogen and oxygen atoms in total. The van der Waals surface area contributed by atoms with Gasteiger partial charge in [0.15, 0.2) is 0 Å². The molecule has 2 aliphatic rings. The Kier molecular flexibility index (Phi) is 6.75.